The van der Waals surface area contributed by atoms with Crippen LogP contribution >= 0.6 is 0 Å². The minimum absolute atomic E-state index is 0.0666. The Labute approximate surface area is 171 Å². The van der Waals surface area contributed by atoms with Gasteiger partial charge in [-0.05, 0) is 31.0 Å². The van der Waals surface area contributed by atoms with E-state index in [0.717, 1.165) is 43.7 Å². The molecule has 156 valence electrons. The summed E-state index contributed by atoms with van der Waals surface area (Å²) in [5.41, 5.74) is 2.33. The Morgan fingerprint density at radius 2 is 1.79 bits per heavy atom. The number of rotatable bonds is 3. The first-order valence-corrected chi connectivity index (χ1v) is 10.9. The SMILES string of the molecule is Cc1ccc(S(=O)(=O)O)cc1.O=C(OCc1ccccc1)N1CCC2(CNC2)C1. The van der Waals surface area contributed by atoms with Gasteiger partial charge in [0.05, 0.1) is 4.90 Å². The standard InChI is InChI=1S/C14H18N2O2.C7H8O3S/c17-13(18-8-12-4-2-1-3-5-12)16-7-6-14(11-16)9-15-10-14;1-6-2-4-7(5-3-6)11(8,9)10/h1-5,15H,6-11H2;2-5H,1H3,(H,8,9,10). The van der Waals surface area contributed by atoms with Crippen LogP contribution in [0.3, 0.4) is 0 Å². The highest BCUT2D eigenvalue weighted by Crippen LogP contribution is 2.34. The predicted octanol–water partition coefficient (Wildman–Crippen LogP) is 2.86. The van der Waals surface area contributed by atoms with Gasteiger partial charge in [-0.15, -0.1) is 0 Å². The van der Waals surface area contributed by atoms with Crippen LogP contribution in [0.1, 0.15) is 17.5 Å². The Balaban J connectivity index is 0.000000188. The maximum Gasteiger partial charge on any atom is 0.410 e. The zero-order valence-corrected chi connectivity index (χ0v) is 17.2. The summed E-state index contributed by atoms with van der Waals surface area (Å²) < 4.78 is 34.9. The Morgan fingerprint density at radius 3 is 2.31 bits per heavy atom. The zero-order chi connectivity index (χ0) is 20.9. The lowest BCUT2D eigenvalue weighted by Gasteiger charge is -2.38. The van der Waals surface area contributed by atoms with Gasteiger partial charge in [0.25, 0.3) is 10.1 Å². The number of carbonyl (C=O) groups is 1. The highest BCUT2D eigenvalue weighted by atomic mass is 32.2. The van der Waals surface area contributed by atoms with Gasteiger partial charge in [-0.25, -0.2) is 4.79 Å². The first-order chi connectivity index (χ1) is 13.8. The summed E-state index contributed by atoms with van der Waals surface area (Å²) in [4.78, 5) is 13.7. The number of hydrogen-bond acceptors (Lipinski definition) is 5. The molecule has 2 aromatic carbocycles. The van der Waals surface area contributed by atoms with Gasteiger partial charge in [0, 0.05) is 31.6 Å². The van der Waals surface area contributed by atoms with E-state index in [-0.39, 0.29) is 11.0 Å². The molecule has 2 heterocycles. The van der Waals surface area contributed by atoms with E-state index in [2.05, 4.69) is 5.32 Å². The molecule has 2 aliphatic rings. The number of nitrogens with one attached hydrogen (secondary N) is 1. The minimum Gasteiger partial charge on any atom is -0.445 e. The molecule has 0 atom stereocenters. The molecule has 0 bridgehead atoms. The lowest BCUT2D eigenvalue weighted by atomic mass is 9.81. The summed E-state index contributed by atoms with van der Waals surface area (Å²) in [6.07, 6.45) is 0.920. The van der Waals surface area contributed by atoms with E-state index in [9.17, 15) is 13.2 Å². The van der Waals surface area contributed by atoms with Crippen LogP contribution in [0.5, 0.6) is 0 Å². The molecule has 0 aromatic heterocycles. The molecule has 0 saturated carbocycles. The lowest BCUT2D eigenvalue weighted by Crippen LogP contribution is -2.55. The molecule has 0 radical (unpaired) electrons. The van der Waals surface area contributed by atoms with Crippen LogP contribution in [0.2, 0.25) is 0 Å². The van der Waals surface area contributed by atoms with Gasteiger partial charge in [-0.2, -0.15) is 8.42 Å². The second kappa shape index (κ2) is 8.94. The summed E-state index contributed by atoms with van der Waals surface area (Å²) in [7, 11) is -4.02. The van der Waals surface area contributed by atoms with Crippen molar-refractivity contribution in [1.29, 1.82) is 0 Å². The van der Waals surface area contributed by atoms with Crippen LogP contribution in [-0.2, 0) is 21.5 Å². The third-order valence-corrected chi connectivity index (χ3v) is 6.09. The van der Waals surface area contributed by atoms with Gasteiger partial charge in [-0.3, -0.25) is 4.55 Å². The van der Waals surface area contributed by atoms with E-state index >= 15 is 0 Å². The van der Waals surface area contributed by atoms with Crippen molar-refractivity contribution in [2.45, 2.75) is 24.8 Å². The fourth-order valence-corrected chi connectivity index (χ4v) is 3.86. The number of benzene rings is 2. The van der Waals surface area contributed by atoms with Crippen LogP contribution in [-0.4, -0.2) is 50.1 Å². The smallest absolute Gasteiger partial charge is 0.410 e. The van der Waals surface area contributed by atoms with E-state index in [0.29, 0.717) is 12.0 Å². The molecule has 29 heavy (non-hydrogen) atoms. The van der Waals surface area contributed by atoms with Gasteiger partial charge in [0.15, 0.2) is 0 Å². The van der Waals surface area contributed by atoms with Crippen molar-refractivity contribution >= 4 is 16.2 Å². The number of nitrogens with zero attached hydrogens (tertiary/aromatic N) is 1. The molecule has 0 unspecified atom stereocenters. The molecule has 4 rings (SSSR count). The summed E-state index contributed by atoms with van der Waals surface area (Å²) >= 11 is 0. The molecule has 1 amide bonds. The van der Waals surface area contributed by atoms with Gasteiger partial charge >= 0.3 is 6.09 Å². The molecule has 7 nitrogen and oxygen atoms in total. The van der Waals surface area contributed by atoms with Crippen molar-refractivity contribution in [3.8, 4) is 0 Å². The van der Waals surface area contributed by atoms with Crippen molar-refractivity contribution in [3.63, 3.8) is 0 Å². The van der Waals surface area contributed by atoms with Gasteiger partial charge < -0.3 is 15.0 Å². The van der Waals surface area contributed by atoms with Crippen molar-refractivity contribution in [2.24, 2.45) is 5.41 Å². The Bertz CT molecular complexity index is 925. The predicted molar refractivity (Wildman–Crippen MR) is 109 cm³/mol. The van der Waals surface area contributed by atoms with Crippen molar-refractivity contribution in [3.05, 3.63) is 65.7 Å². The van der Waals surface area contributed by atoms with E-state index in [1.54, 1.807) is 12.1 Å². The highest BCUT2D eigenvalue weighted by Gasteiger charge is 2.44. The number of aryl methyl sites for hydroxylation is 1. The summed E-state index contributed by atoms with van der Waals surface area (Å²) in [5, 5.41) is 3.28. The molecular formula is C21H26N2O5S. The van der Waals surface area contributed by atoms with Crippen molar-refractivity contribution < 1.29 is 22.5 Å². The average molecular weight is 419 g/mol. The van der Waals surface area contributed by atoms with Gasteiger partial charge in [-0.1, -0.05) is 48.0 Å². The normalized spacial score (nSPS) is 17.2. The molecular weight excluding hydrogens is 392 g/mol. The second-order valence-electron chi connectivity index (χ2n) is 7.60. The molecule has 2 fully saturated rings. The number of hydrogen-bond donors (Lipinski definition) is 2. The van der Waals surface area contributed by atoms with Gasteiger partial charge in [0.1, 0.15) is 6.61 Å². The fraction of sp³-hybridized carbons (Fsp3) is 0.381. The summed E-state index contributed by atoms with van der Waals surface area (Å²) in [6, 6.07) is 15.8. The topological polar surface area (TPSA) is 95.9 Å². The van der Waals surface area contributed by atoms with Crippen LogP contribution in [0.25, 0.3) is 0 Å². The molecule has 1 spiro atoms. The summed E-state index contributed by atoms with van der Waals surface area (Å²) in [5.74, 6) is 0. The third-order valence-electron chi connectivity index (χ3n) is 5.22. The highest BCUT2D eigenvalue weighted by molar-refractivity contribution is 7.85. The molecule has 2 aliphatic heterocycles. The minimum atomic E-state index is -4.02. The van der Waals surface area contributed by atoms with Crippen LogP contribution in [0.15, 0.2) is 59.5 Å². The first kappa shape index (κ1) is 21.3. The molecule has 2 aromatic rings. The van der Waals surface area contributed by atoms with Crippen LogP contribution < -0.4 is 5.32 Å². The quantitative estimate of drug-likeness (QED) is 0.744. The van der Waals surface area contributed by atoms with Crippen LogP contribution in [0.4, 0.5) is 4.79 Å². The number of amides is 1. The number of ether oxygens (including phenoxy) is 1. The van der Waals surface area contributed by atoms with Gasteiger partial charge in [0.2, 0.25) is 0 Å². The zero-order valence-electron chi connectivity index (χ0n) is 16.4. The van der Waals surface area contributed by atoms with Crippen molar-refractivity contribution in [2.75, 3.05) is 26.2 Å². The Kier molecular flexibility index (Phi) is 6.56. The second-order valence-corrected chi connectivity index (χ2v) is 9.02. The van der Waals surface area contributed by atoms with E-state index in [1.807, 2.05) is 42.2 Å². The van der Waals surface area contributed by atoms with E-state index < -0.39 is 10.1 Å². The summed E-state index contributed by atoms with van der Waals surface area (Å²) in [6.45, 7) is 5.95. The Hall–Kier alpha value is -2.42. The molecule has 0 aliphatic carbocycles. The fourth-order valence-electron chi connectivity index (χ4n) is 3.38. The molecule has 2 saturated heterocycles. The number of carbonyl (C=O) groups excluding carboxylic acids is 1. The Morgan fingerprint density at radius 1 is 1.14 bits per heavy atom. The first-order valence-electron chi connectivity index (χ1n) is 9.48. The molecule has 2 N–H and O–H groups in total. The van der Waals surface area contributed by atoms with Crippen molar-refractivity contribution in [1.82, 2.24) is 10.2 Å². The average Bonchev–Trinajstić information content (AvgIpc) is 3.14. The lowest BCUT2D eigenvalue weighted by molar-refractivity contribution is 0.0940. The maximum absolute atomic E-state index is 11.9. The van der Waals surface area contributed by atoms with E-state index in [1.165, 1.54) is 12.1 Å². The molecule has 8 heteroatoms. The van der Waals surface area contributed by atoms with Crippen LogP contribution in [0, 0.1) is 12.3 Å². The monoisotopic (exact) mass is 418 g/mol. The van der Waals surface area contributed by atoms with E-state index in [4.69, 9.17) is 9.29 Å². The number of likely N-dealkylation sites (tertiary alicyclic amines) is 1. The third kappa shape index (κ3) is 5.79. The largest absolute Gasteiger partial charge is 0.445 e. The maximum atomic E-state index is 11.9.